The second kappa shape index (κ2) is 7.61. The highest BCUT2D eigenvalue weighted by atomic mass is 16.6. The van der Waals surface area contributed by atoms with Gasteiger partial charge in [0.25, 0.3) is 0 Å². The molecule has 0 unspecified atom stereocenters. The number of nitrogen functional groups attached to an aromatic ring is 1. The Morgan fingerprint density at radius 3 is 2.75 bits per heavy atom. The van der Waals surface area contributed by atoms with Crippen molar-refractivity contribution in [1.82, 2.24) is 29.8 Å². The largest absolute Gasteiger partial charge is 0.490 e. The third-order valence-corrected chi connectivity index (χ3v) is 4.29. The summed E-state index contributed by atoms with van der Waals surface area (Å²) in [5.41, 5.74) is 14.6. The van der Waals surface area contributed by atoms with Gasteiger partial charge in [-0.3, -0.25) is 4.98 Å². The lowest BCUT2D eigenvalue weighted by molar-refractivity contribution is 0.310. The molecule has 0 fully saturated rings. The number of nitrogens with zero attached hydrogens (tertiary/aromatic N) is 6. The summed E-state index contributed by atoms with van der Waals surface area (Å²) in [4.78, 5) is 13.7. The average molecular weight is 380 g/mol. The molecule has 0 aliphatic rings. The number of aromatic nitrogens is 6. The lowest BCUT2D eigenvalue weighted by Crippen LogP contribution is -2.08. The van der Waals surface area contributed by atoms with Crippen molar-refractivity contribution >= 4 is 16.9 Å². The summed E-state index contributed by atoms with van der Waals surface area (Å²) >= 11 is 0. The Kier molecular flexibility index (Phi) is 4.85. The lowest BCUT2D eigenvalue weighted by atomic mass is 10.2. The van der Waals surface area contributed by atoms with E-state index < -0.39 is 0 Å². The predicted molar refractivity (Wildman–Crippen MR) is 103 cm³/mol. The summed E-state index contributed by atoms with van der Waals surface area (Å²) in [6.07, 6.45) is 4.13. The standard InChI is InChI=1S/C18H20N8O2/c1-2-26-16-12(27-9-5-7-19)10-22-13(11-6-3-4-8-21-11)14(16)23-18(26)15-17(20)25-28-24-15/h3-4,6,8,10H,2,5,7,9,19H2,1H3,(H2,20,25). The van der Waals surface area contributed by atoms with Crippen molar-refractivity contribution in [3.63, 3.8) is 0 Å². The molecule has 4 heterocycles. The first-order valence-electron chi connectivity index (χ1n) is 8.96. The first kappa shape index (κ1) is 17.9. The van der Waals surface area contributed by atoms with Crippen LogP contribution < -0.4 is 16.2 Å². The van der Waals surface area contributed by atoms with Crippen LogP contribution in [0.4, 0.5) is 5.82 Å². The number of pyridine rings is 2. The molecule has 0 aliphatic heterocycles. The molecule has 0 amide bonds. The van der Waals surface area contributed by atoms with Crippen LogP contribution in [-0.2, 0) is 6.54 Å². The third-order valence-electron chi connectivity index (χ3n) is 4.29. The zero-order valence-corrected chi connectivity index (χ0v) is 15.4. The summed E-state index contributed by atoms with van der Waals surface area (Å²) in [6, 6.07) is 5.63. The molecule has 4 aromatic heterocycles. The van der Waals surface area contributed by atoms with Crippen LogP contribution in [0.5, 0.6) is 5.75 Å². The molecule has 0 spiro atoms. The summed E-state index contributed by atoms with van der Waals surface area (Å²) < 4.78 is 12.7. The van der Waals surface area contributed by atoms with Gasteiger partial charge in [0.15, 0.2) is 23.1 Å². The van der Waals surface area contributed by atoms with E-state index in [1.165, 1.54) is 0 Å². The zero-order chi connectivity index (χ0) is 19.5. The highest BCUT2D eigenvalue weighted by Gasteiger charge is 2.24. The van der Waals surface area contributed by atoms with E-state index in [4.69, 9.17) is 25.8 Å². The van der Waals surface area contributed by atoms with E-state index in [1.54, 1.807) is 12.4 Å². The van der Waals surface area contributed by atoms with Crippen molar-refractivity contribution in [2.45, 2.75) is 19.9 Å². The molecule has 0 aliphatic carbocycles. The van der Waals surface area contributed by atoms with Crippen molar-refractivity contribution in [2.24, 2.45) is 5.73 Å². The first-order chi connectivity index (χ1) is 13.7. The van der Waals surface area contributed by atoms with E-state index in [2.05, 4.69) is 20.3 Å². The quantitative estimate of drug-likeness (QED) is 0.459. The van der Waals surface area contributed by atoms with Gasteiger partial charge < -0.3 is 20.8 Å². The van der Waals surface area contributed by atoms with E-state index in [1.807, 2.05) is 29.7 Å². The number of aryl methyl sites for hydroxylation is 1. The molecule has 0 atom stereocenters. The third kappa shape index (κ3) is 3.03. The van der Waals surface area contributed by atoms with Gasteiger partial charge in [-0.2, -0.15) is 0 Å². The fourth-order valence-electron chi connectivity index (χ4n) is 3.01. The van der Waals surface area contributed by atoms with Crippen molar-refractivity contribution in [3.05, 3.63) is 30.6 Å². The highest BCUT2D eigenvalue weighted by molar-refractivity contribution is 5.95. The number of imidazole rings is 1. The van der Waals surface area contributed by atoms with Crippen LogP contribution in [0.25, 0.3) is 33.9 Å². The second-order valence-corrected chi connectivity index (χ2v) is 6.05. The van der Waals surface area contributed by atoms with Crippen LogP contribution in [0.15, 0.2) is 35.2 Å². The van der Waals surface area contributed by atoms with Crippen LogP contribution in [0, 0.1) is 0 Å². The minimum atomic E-state index is 0.169. The van der Waals surface area contributed by atoms with Gasteiger partial charge in [-0.1, -0.05) is 6.07 Å². The summed E-state index contributed by atoms with van der Waals surface area (Å²) in [7, 11) is 0. The molecule has 4 N–H and O–H groups in total. The smallest absolute Gasteiger partial charge is 0.199 e. The molecule has 144 valence electrons. The van der Waals surface area contributed by atoms with E-state index in [-0.39, 0.29) is 5.82 Å². The fraction of sp³-hybridized carbons (Fsp3) is 0.278. The maximum absolute atomic E-state index is 5.94. The Labute approximate surface area is 160 Å². The Morgan fingerprint density at radius 1 is 1.18 bits per heavy atom. The summed E-state index contributed by atoms with van der Waals surface area (Å²) in [5, 5.41) is 7.58. The van der Waals surface area contributed by atoms with Gasteiger partial charge in [0.2, 0.25) is 0 Å². The average Bonchev–Trinajstić information content (AvgIpc) is 3.32. The number of hydrogen-bond acceptors (Lipinski definition) is 9. The number of hydrogen-bond donors (Lipinski definition) is 2. The fourth-order valence-corrected chi connectivity index (χ4v) is 3.01. The molecule has 0 radical (unpaired) electrons. The Bertz CT molecular complexity index is 1090. The van der Waals surface area contributed by atoms with Crippen LogP contribution in [0.1, 0.15) is 13.3 Å². The Morgan fingerprint density at radius 2 is 2.07 bits per heavy atom. The molecule has 28 heavy (non-hydrogen) atoms. The molecule has 0 saturated carbocycles. The topological polar surface area (TPSA) is 144 Å². The van der Waals surface area contributed by atoms with Gasteiger partial charge >= 0.3 is 0 Å². The summed E-state index contributed by atoms with van der Waals surface area (Å²) in [6.45, 7) is 3.63. The number of fused-ring (bicyclic) bond motifs is 1. The van der Waals surface area contributed by atoms with E-state index in [9.17, 15) is 0 Å². The number of rotatable bonds is 7. The van der Waals surface area contributed by atoms with Crippen molar-refractivity contribution in [3.8, 4) is 28.7 Å². The van der Waals surface area contributed by atoms with E-state index in [0.717, 1.165) is 11.9 Å². The highest BCUT2D eigenvalue weighted by Crippen LogP contribution is 2.35. The molecule has 10 nitrogen and oxygen atoms in total. The minimum Gasteiger partial charge on any atom is -0.490 e. The molecule has 0 aromatic carbocycles. The van der Waals surface area contributed by atoms with Gasteiger partial charge in [0.05, 0.1) is 18.5 Å². The van der Waals surface area contributed by atoms with Crippen LogP contribution in [0.2, 0.25) is 0 Å². The van der Waals surface area contributed by atoms with Crippen molar-refractivity contribution in [1.29, 1.82) is 0 Å². The molecule has 4 rings (SSSR count). The van der Waals surface area contributed by atoms with Gasteiger partial charge in [0, 0.05) is 12.7 Å². The van der Waals surface area contributed by atoms with Crippen LogP contribution >= 0.6 is 0 Å². The summed E-state index contributed by atoms with van der Waals surface area (Å²) in [5.74, 6) is 1.31. The van der Waals surface area contributed by atoms with Crippen LogP contribution in [0.3, 0.4) is 0 Å². The zero-order valence-electron chi connectivity index (χ0n) is 15.4. The number of nitrogens with two attached hydrogens (primary N) is 2. The number of anilines is 1. The molecule has 0 saturated heterocycles. The monoisotopic (exact) mass is 380 g/mol. The SMILES string of the molecule is CCn1c(-c2nonc2N)nc2c(-c3ccccn3)ncc(OCCCN)c21. The van der Waals surface area contributed by atoms with Crippen molar-refractivity contribution in [2.75, 3.05) is 18.9 Å². The first-order valence-corrected chi connectivity index (χ1v) is 8.96. The molecule has 10 heteroatoms. The van der Waals surface area contributed by atoms with Crippen LogP contribution in [-0.4, -0.2) is 43.0 Å². The second-order valence-electron chi connectivity index (χ2n) is 6.05. The minimum absolute atomic E-state index is 0.169. The Hall–Kier alpha value is -3.53. The van der Waals surface area contributed by atoms with E-state index in [0.29, 0.717) is 53.9 Å². The van der Waals surface area contributed by atoms with Gasteiger partial charge in [-0.25, -0.2) is 14.6 Å². The normalized spacial score (nSPS) is 11.2. The molecule has 0 bridgehead atoms. The van der Waals surface area contributed by atoms with E-state index >= 15 is 0 Å². The molecular weight excluding hydrogens is 360 g/mol. The Balaban J connectivity index is 1.97. The van der Waals surface area contributed by atoms with Gasteiger partial charge in [0.1, 0.15) is 16.7 Å². The maximum Gasteiger partial charge on any atom is 0.199 e. The van der Waals surface area contributed by atoms with Crippen molar-refractivity contribution < 1.29 is 9.37 Å². The van der Waals surface area contributed by atoms with Gasteiger partial charge in [-0.15, -0.1) is 0 Å². The maximum atomic E-state index is 5.94. The molecule has 4 aromatic rings. The van der Waals surface area contributed by atoms with Gasteiger partial charge in [-0.05, 0) is 42.3 Å². The predicted octanol–water partition coefficient (Wildman–Crippen LogP) is 1.87. The lowest BCUT2D eigenvalue weighted by Gasteiger charge is -2.11. The molecular formula is C18H20N8O2. The number of ether oxygens (including phenoxy) is 1.